The minimum atomic E-state index is -4.05. The predicted molar refractivity (Wildman–Crippen MR) is 148 cm³/mol. The van der Waals surface area contributed by atoms with E-state index in [1.807, 2.05) is 38.4 Å². The lowest BCUT2D eigenvalue weighted by atomic mass is 9.94. The van der Waals surface area contributed by atoms with E-state index in [1.54, 1.807) is 17.6 Å². The van der Waals surface area contributed by atoms with Gasteiger partial charge in [-0.1, -0.05) is 24.3 Å². The number of unbranched alkanes of at least 4 members (excludes halogenated alkanes) is 1. The Kier molecular flexibility index (Phi) is 9.43. The van der Waals surface area contributed by atoms with Gasteiger partial charge in [0.2, 0.25) is 0 Å². The highest BCUT2D eigenvalue weighted by atomic mass is 32.2. The monoisotopic (exact) mass is 557 g/mol. The summed E-state index contributed by atoms with van der Waals surface area (Å²) in [7, 11) is -0.0385. The molecular formula is C29H39N3O6S. The van der Waals surface area contributed by atoms with Crippen LogP contribution in [0.3, 0.4) is 0 Å². The van der Waals surface area contributed by atoms with Crippen LogP contribution in [0.15, 0.2) is 53.4 Å². The van der Waals surface area contributed by atoms with Gasteiger partial charge in [-0.25, -0.2) is 13.9 Å². The summed E-state index contributed by atoms with van der Waals surface area (Å²) < 4.78 is 31.3. The maximum absolute atomic E-state index is 13.6. The zero-order valence-electron chi connectivity index (χ0n) is 22.8. The van der Waals surface area contributed by atoms with Gasteiger partial charge in [0.15, 0.2) is 20.4 Å². The van der Waals surface area contributed by atoms with Gasteiger partial charge in [-0.2, -0.15) is 0 Å². The summed E-state index contributed by atoms with van der Waals surface area (Å²) in [6, 6.07) is 14.3. The first-order chi connectivity index (χ1) is 18.7. The first kappa shape index (κ1) is 29.2. The SMILES string of the molecule is CN(C)Cc1ccc(C(=O)CCCCOc2ccc(S(=O)(=O)C3(C(=O)NO)CCN(C4CC4)CC3)cc2)cc1. The molecule has 0 atom stereocenters. The smallest absolute Gasteiger partial charge is 0.265 e. The van der Waals surface area contributed by atoms with Crippen LogP contribution in [-0.2, 0) is 21.2 Å². The minimum Gasteiger partial charge on any atom is -0.494 e. The van der Waals surface area contributed by atoms with Crippen molar-refractivity contribution in [3.8, 4) is 5.75 Å². The van der Waals surface area contributed by atoms with E-state index in [-0.39, 0.29) is 23.5 Å². The van der Waals surface area contributed by atoms with Crippen molar-refractivity contribution in [3.63, 3.8) is 0 Å². The molecular weight excluding hydrogens is 518 g/mol. The zero-order chi connectivity index (χ0) is 28.0. The van der Waals surface area contributed by atoms with E-state index in [1.165, 1.54) is 12.1 Å². The van der Waals surface area contributed by atoms with Crippen LogP contribution in [0.2, 0.25) is 0 Å². The highest BCUT2D eigenvalue weighted by Gasteiger charge is 2.54. The highest BCUT2D eigenvalue weighted by molar-refractivity contribution is 7.93. The number of hydrogen-bond acceptors (Lipinski definition) is 8. The van der Waals surface area contributed by atoms with Crippen LogP contribution >= 0.6 is 0 Å². The molecule has 10 heteroatoms. The van der Waals surface area contributed by atoms with Crippen molar-refractivity contribution < 1.29 is 28.0 Å². The van der Waals surface area contributed by atoms with Crippen LogP contribution in [-0.4, -0.2) is 79.7 Å². The number of carbonyl (C=O) groups is 2. The van der Waals surface area contributed by atoms with Gasteiger partial charge in [0.1, 0.15) is 5.75 Å². The number of hydrogen-bond donors (Lipinski definition) is 2. The molecule has 0 bridgehead atoms. The van der Waals surface area contributed by atoms with Gasteiger partial charge >= 0.3 is 0 Å². The number of amides is 1. The number of ketones is 1. The Bertz CT molecular complexity index is 1230. The average molecular weight is 558 g/mol. The second kappa shape index (κ2) is 12.6. The number of benzene rings is 2. The van der Waals surface area contributed by atoms with Crippen molar-refractivity contribution in [1.29, 1.82) is 0 Å². The van der Waals surface area contributed by atoms with Crippen molar-refractivity contribution in [1.82, 2.24) is 15.3 Å². The van der Waals surface area contributed by atoms with Gasteiger partial charge in [-0.05, 0) is 82.4 Å². The second-order valence-electron chi connectivity index (χ2n) is 10.8. The number of sulfone groups is 1. The molecule has 1 heterocycles. The number of hydroxylamine groups is 1. The predicted octanol–water partition coefficient (Wildman–Crippen LogP) is 3.46. The van der Waals surface area contributed by atoms with Crippen LogP contribution in [0.1, 0.15) is 60.9 Å². The normalized spacial score (nSPS) is 17.6. The quantitative estimate of drug-likeness (QED) is 0.167. The Balaban J connectivity index is 1.27. The molecule has 0 aromatic heterocycles. The van der Waals surface area contributed by atoms with Gasteiger partial charge in [0, 0.05) is 37.7 Å². The van der Waals surface area contributed by atoms with Crippen LogP contribution in [0.4, 0.5) is 0 Å². The van der Waals surface area contributed by atoms with E-state index >= 15 is 0 Å². The summed E-state index contributed by atoms with van der Waals surface area (Å²) >= 11 is 0. The van der Waals surface area contributed by atoms with Crippen molar-refractivity contribution in [3.05, 3.63) is 59.7 Å². The third-order valence-corrected chi connectivity index (χ3v) is 10.2. The Hall–Kier alpha value is -2.79. The van der Waals surface area contributed by atoms with Crippen LogP contribution in [0, 0.1) is 0 Å². The summed E-state index contributed by atoms with van der Waals surface area (Å²) in [5.74, 6) is -0.261. The summed E-state index contributed by atoms with van der Waals surface area (Å²) in [5.41, 5.74) is 3.47. The number of rotatable bonds is 13. The van der Waals surface area contributed by atoms with Crippen LogP contribution in [0.5, 0.6) is 5.75 Å². The molecule has 2 aromatic carbocycles. The fraction of sp³-hybridized carbons (Fsp3) is 0.517. The fourth-order valence-electron chi connectivity index (χ4n) is 5.23. The molecule has 0 unspecified atom stereocenters. The minimum absolute atomic E-state index is 0.0283. The number of carbonyl (C=O) groups excluding carboxylic acids is 2. The third kappa shape index (κ3) is 6.87. The Morgan fingerprint density at radius 3 is 2.23 bits per heavy atom. The summed E-state index contributed by atoms with van der Waals surface area (Å²) in [4.78, 5) is 29.5. The van der Waals surface area contributed by atoms with Gasteiger partial charge in [0.25, 0.3) is 5.91 Å². The first-order valence-electron chi connectivity index (χ1n) is 13.6. The molecule has 2 N–H and O–H groups in total. The number of piperidine rings is 1. The van der Waals surface area contributed by atoms with Crippen molar-refractivity contribution in [2.75, 3.05) is 33.8 Å². The van der Waals surface area contributed by atoms with E-state index < -0.39 is 20.5 Å². The fourth-order valence-corrected chi connectivity index (χ4v) is 7.19. The average Bonchev–Trinajstić information content (AvgIpc) is 3.78. The molecule has 1 aliphatic heterocycles. The molecule has 39 heavy (non-hydrogen) atoms. The van der Waals surface area contributed by atoms with E-state index in [9.17, 15) is 23.2 Å². The highest BCUT2D eigenvalue weighted by Crippen LogP contribution is 2.39. The van der Waals surface area contributed by atoms with Crippen LogP contribution < -0.4 is 10.2 Å². The molecule has 2 aliphatic rings. The number of Topliss-reactive ketones (excluding diaryl/α,β-unsaturated/α-hetero) is 1. The molecule has 2 fully saturated rings. The van der Waals surface area contributed by atoms with Crippen molar-refractivity contribution in [2.24, 2.45) is 0 Å². The first-order valence-corrected chi connectivity index (χ1v) is 15.1. The maximum atomic E-state index is 13.6. The number of likely N-dealkylation sites (tertiary alicyclic amines) is 1. The standard InChI is InChI=1S/C29H39N3O6S/c1-31(2)21-22-6-8-23(9-7-22)27(33)5-3-4-20-38-25-12-14-26(15-13-25)39(36,37)29(28(34)30-35)16-18-32(19-17-29)24-10-11-24/h6-9,12-15,24,35H,3-5,10-11,16-21H2,1-2H3,(H,30,34). The number of nitrogens with one attached hydrogen (secondary N) is 1. The topological polar surface area (TPSA) is 116 Å². The molecule has 0 spiro atoms. The zero-order valence-corrected chi connectivity index (χ0v) is 23.6. The molecule has 0 radical (unpaired) electrons. The molecule has 1 saturated heterocycles. The summed E-state index contributed by atoms with van der Waals surface area (Å²) in [6.45, 7) is 2.23. The molecule has 4 rings (SSSR count). The van der Waals surface area contributed by atoms with E-state index in [0.29, 0.717) is 56.3 Å². The number of nitrogens with zero attached hydrogens (tertiary/aromatic N) is 2. The second-order valence-corrected chi connectivity index (χ2v) is 13.1. The lowest BCUT2D eigenvalue weighted by Crippen LogP contribution is -2.58. The lowest BCUT2D eigenvalue weighted by Gasteiger charge is -2.39. The molecule has 9 nitrogen and oxygen atoms in total. The molecule has 1 aliphatic carbocycles. The lowest BCUT2D eigenvalue weighted by molar-refractivity contribution is -0.133. The van der Waals surface area contributed by atoms with Crippen LogP contribution in [0.25, 0.3) is 0 Å². The summed E-state index contributed by atoms with van der Waals surface area (Å²) in [5, 5.41) is 9.35. The van der Waals surface area contributed by atoms with E-state index in [0.717, 1.165) is 24.9 Å². The van der Waals surface area contributed by atoms with Gasteiger partial charge in [0.05, 0.1) is 11.5 Å². The summed E-state index contributed by atoms with van der Waals surface area (Å²) in [6.07, 6.45) is 4.28. The molecule has 212 valence electrons. The van der Waals surface area contributed by atoms with E-state index in [2.05, 4.69) is 9.80 Å². The molecule has 1 saturated carbocycles. The van der Waals surface area contributed by atoms with Gasteiger partial charge in [-0.15, -0.1) is 0 Å². The Labute approximate surface area is 231 Å². The maximum Gasteiger partial charge on any atom is 0.265 e. The molecule has 1 amide bonds. The van der Waals surface area contributed by atoms with Crippen molar-refractivity contribution in [2.45, 2.75) is 67.2 Å². The largest absolute Gasteiger partial charge is 0.494 e. The van der Waals surface area contributed by atoms with Gasteiger partial charge < -0.3 is 14.5 Å². The third-order valence-electron chi connectivity index (χ3n) is 7.67. The van der Waals surface area contributed by atoms with Crippen molar-refractivity contribution >= 4 is 21.5 Å². The van der Waals surface area contributed by atoms with E-state index in [4.69, 9.17) is 4.74 Å². The van der Waals surface area contributed by atoms with Gasteiger partial charge in [-0.3, -0.25) is 14.8 Å². The Morgan fingerprint density at radius 1 is 1.03 bits per heavy atom. The molecule has 2 aromatic rings. The number of ether oxygens (including phenoxy) is 1. The Morgan fingerprint density at radius 2 is 1.67 bits per heavy atom.